The molecule has 1 N–H and O–H groups in total. The molecule has 0 unspecified atom stereocenters. The third kappa shape index (κ3) is 2.63. The molecule has 0 amide bonds. The summed E-state index contributed by atoms with van der Waals surface area (Å²) in [5.74, 6) is -0.0173. The van der Waals surface area contributed by atoms with Crippen LogP contribution in [0.25, 0.3) is 11.1 Å². The van der Waals surface area contributed by atoms with E-state index in [0.717, 1.165) is 0 Å². The Hall–Kier alpha value is -0.600. The summed E-state index contributed by atoms with van der Waals surface area (Å²) >= 11 is 23.7. The van der Waals surface area contributed by atoms with Crippen molar-refractivity contribution in [2.24, 2.45) is 0 Å². The molecular weight excluding hydrogens is 302 g/mol. The van der Waals surface area contributed by atoms with Crippen LogP contribution in [0.15, 0.2) is 30.3 Å². The van der Waals surface area contributed by atoms with Gasteiger partial charge in [0.1, 0.15) is 5.75 Å². The topological polar surface area (TPSA) is 20.2 Å². The van der Waals surface area contributed by atoms with Crippen LogP contribution in [-0.4, -0.2) is 5.11 Å². The Morgan fingerprint density at radius 2 is 1.53 bits per heavy atom. The smallest absolute Gasteiger partial charge is 0.134 e. The molecule has 88 valence electrons. The van der Waals surface area contributed by atoms with Crippen LogP contribution in [0.1, 0.15) is 0 Å². The molecule has 2 aromatic carbocycles. The van der Waals surface area contributed by atoms with Crippen LogP contribution in [-0.2, 0) is 0 Å². The molecule has 0 fully saturated rings. The third-order valence-electron chi connectivity index (χ3n) is 2.25. The SMILES string of the molecule is Oc1cc(-c2cc(Cl)cc(Cl)c2Cl)ccc1Cl. The van der Waals surface area contributed by atoms with Crippen molar-refractivity contribution < 1.29 is 5.11 Å². The summed E-state index contributed by atoms with van der Waals surface area (Å²) in [5.41, 5.74) is 1.34. The number of phenolic OH excluding ortho intramolecular Hbond substituents is 1. The Morgan fingerprint density at radius 1 is 0.824 bits per heavy atom. The van der Waals surface area contributed by atoms with Crippen LogP contribution >= 0.6 is 46.4 Å². The fourth-order valence-electron chi connectivity index (χ4n) is 1.45. The average Bonchev–Trinajstić information content (AvgIpc) is 2.27. The second-order valence-electron chi connectivity index (χ2n) is 3.42. The molecule has 2 rings (SSSR count). The molecule has 0 atom stereocenters. The summed E-state index contributed by atoms with van der Waals surface area (Å²) in [6.07, 6.45) is 0. The first kappa shape index (κ1) is 12.8. The highest BCUT2D eigenvalue weighted by Crippen LogP contribution is 2.38. The van der Waals surface area contributed by atoms with Gasteiger partial charge in [-0.25, -0.2) is 0 Å². The summed E-state index contributed by atoms with van der Waals surface area (Å²) in [6.45, 7) is 0. The average molecular weight is 308 g/mol. The number of aromatic hydroxyl groups is 1. The normalized spacial score (nSPS) is 10.6. The standard InChI is InChI=1S/C12H6Cl4O/c13-7-4-8(12(16)10(15)5-7)6-1-2-9(14)11(17)3-6/h1-5,17H. The number of rotatable bonds is 1. The predicted octanol–water partition coefficient (Wildman–Crippen LogP) is 5.67. The van der Waals surface area contributed by atoms with Crippen molar-refractivity contribution in [2.75, 3.05) is 0 Å². The first-order valence-electron chi connectivity index (χ1n) is 4.62. The summed E-state index contributed by atoms with van der Waals surface area (Å²) in [5, 5.41) is 11.1. The lowest BCUT2D eigenvalue weighted by Gasteiger charge is -2.08. The van der Waals surface area contributed by atoms with Gasteiger partial charge in [0, 0.05) is 10.6 Å². The van der Waals surface area contributed by atoms with E-state index >= 15 is 0 Å². The fourth-order valence-corrected chi connectivity index (χ4v) is 2.28. The molecule has 0 radical (unpaired) electrons. The van der Waals surface area contributed by atoms with Crippen LogP contribution in [0, 0.1) is 0 Å². The second kappa shape index (κ2) is 4.95. The maximum Gasteiger partial charge on any atom is 0.134 e. The van der Waals surface area contributed by atoms with Crippen molar-refractivity contribution in [1.29, 1.82) is 0 Å². The zero-order valence-electron chi connectivity index (χ0n) is 8.35. The summed E-state index contributed by atoms with van der Waals surface area (Å²) in [4.78, 5) is 0. The summed E-state index contributed by atoms with van der Waals surface area (Å²) in [6, 6.07) is 8.06. The molecule has 0 aliphatic rings. The monoisotopic (exact) mass is 306 g/mol. The minimum absolute atomic E-state index is 0.0173. The Labute approximate surface area is 118 Å². The maximum absolute atomic E-state index is 9.55. The van der Waals surface area contributed by atoms with Gasteiger partial charge in [0.05, 0.1) is 15.1 Å². The van der Waals surface area contributed by atoms with Crippen molar-refractivity contribution in [3.05, 3.63) is 50.4 Å². The van der Waals surface area contributed by atoms with E-state index in [-0.39, 0.29) is 10.8 Å². The molecule has 2 aromatic rings. The van der Waals surface area contributed by atoms with E-state index in [1.165, 1.54) is 6.07 Å². The first-order valence-corrected chi connectivity index (χ1v) is 6.13. The number of halogens is 4. The van der Waals surface area contributed by atoms with Crippen LogP contribution in [0.2, 0.25) is 20.1 Å². The van der Waals surface area contributed by atoms with Gasteiger partial charge in [0.2, 0.25) is 0 Å². The largest absolute Gasteiger partial charge is 0.506 e. The lowest BCUT2D eigenvalue weighted by Crippen LogP contribution is -1.82. The molecule has 0 saturated heterocycles. The number of hydrogen-bond donors (Lipinski definition) is 1. The Morgan fingerprint density at radius 3 is 2.18 bits per heavy atom. The van der Waals surface area contributed by atoms with Crippen LogP contribution in [0.3, 0.4) is 0 Å². The van der Waals surface area contributed by atoms with Crippen molar-refractivity contribution in [3.8, 4) is 16.9 Å². The first-order chi connectivity index (χ1) is 7.99. The Kier molecular flexibility index (Phi) is 3.74. The molecule has 0 bridgehead atoms. The van der Waals surface area contributed by atoms with Gasteiger partial charge in [-0.1, -0.05) is 52.5 Å². The fraction of sp³-hybridized carbons (Fsp3) is 0. The molecule has 17 heavy (non-hydrogen) atoms. The highest BCUT2D eigenvalue weighted by Gasteiger charge is 2.10. The van der Waals surface area contributed by atoms with E-state index in [9.17, 15) is 5.11 Å². The van der Waals surface area contributed by atoms with Crippen molar-refractivity contribution in [2.45, 2.75) is 0 Å². The van der Waals surface area contributed by atoms with Gasteiger partial charge in [-0.2, -0.15) is 0 Å². The van der Waals surface area contributed by atoms with Crippen molar-refractivity contribution in [3.63, 3.8) is 0 Å². The molecule has 0 heterocycles. The molecule has 5 heteroatoms. The predicted molar refractivity (Wildman–Crippen MR) is 73.6 cm³/mol. The highest BCUT2D eigenvalue weighted by molar-refractivity contribution is 6.45. The van der Waals surface area contributed by atoms with E-state index in [4.69, 9.17) is 46.4 Å². The zero-order chi connectivity index (χ0) is 12.6. The maximum atomic E-state index is 9.55. The number of hydrogen-bond acceptors (Lipinski definition) is 1. The van der Waals surface area contributed by atoms with E-state index in [2.05, 4.69) is 0 Å². The van der Waals surface area contributed by atoms with Gasteiger partial charge in [0.25, 0.3) is 0 Å². The molecule has 0 aliphatic carbocycles. The quantitative estimate of drug-likeness (QED) is 0.673. The van der Waals surface area contributed by atoms with E-state index in [1.54, 1.807) is 24.3 Å². The molecular formula is C12H6Cl4O. The zero-order valence-corrected chi connectivity index (χ0v) is 11.4. The van der Waals surface area contributed by atoms with Gasteiger partial charge in [-0.15, -0.1) is 0 Å². The highest BCUT2D eigenvalue weighted by atomic mass is 35.5. The van der Waals surface area contributed by atoms with E-state index in [1.807, 2.05) is 0 Å². The van der Waals surface area contributed by atoms with Gasteiger partial charge >= 0.3 is 0 Å². The Balaban J connectivity index is 2.64. The number of benzene rings is 2. The summed E-state index contributed by atoms with van der Waals surface area (Å²) in [7, 11) is 0. The second-order valence-corrected chi connectivity index (χ2v) is 5.04. The molecule has 0 aliphatic heterocycles. The van der Waals surface area contributed by atoms with Gasteiger partial charge in [-0.05, 0) is 29.8 Å². The molecule has 0 saturated carbocycles. The van der Waals surface area contributed by atoms with Gasteiger partial charge in [0.15, 0.2) is 0 Å². The Bertz CT molecular complexity index is 581. The number of phenols is 1. The molecule has 0 spiro atoms. The molecule has 1 nitrogen and oxygen atoms in total. The molecule has 0 aromatic heterocycles. The van der Waals surface area contributed by atoms with E-state index < -0.39 is 0 Å². The van der Waals surface area contributed by atoms with Gasteiger partial charge in [-0.3, -0.25) is 0 Å². The van der Waals surface area contributed by atoms with Crippen molar-refractivity contribution in [1.82, 2.24) is 0 Å². The van der Waals surface area contributed by atoms with Crippen molar-refractivity contribution >= 4 is 46.4 Å². The lowest BCUT2D eigenvalue weighted by molar-refractivity contribution is 0.476. The summed E-state index contributed by atoms with van der Waals surface area (Å²) < 4.78 is 0. The lowest BCUT2D eigenvalue weighted by atomic mass is 10.1. The van der Waals surface area contributed by atoms with Crippen LogP contribution in [0.5, 0.6) is 5.75 Å². The third-order valence-corrected chi connectivity index (χ3v) is 3.59. The van der Waals surface area contributed by atoms with Crippen LogP contribution in [0.4, 0.5) is 0 Å². The minimum atomic E-state index is -0.0173. The minimum Gasteiger partial charge on any atom is -0.506 e. The van der Waals surface area contributed by atoms with Crippen LogP contribution < -0.4 is 0 Å². The van der Waals surface area contributed by atoms with Gasteiger partial charge < -0.3 is 5.11 Å². The van der Waals surface area contributed by atoms with E-state index in [0.29, 0.717) is 26.2 Å².